The molecule has 0 atom stereocenters. The van der Waals surface area contributed by atoms with Crippen LogP contribution in [0.5, 0.6) is 0 Å². The Morgan fingerprint density at radius 3 is 2.93 bits per heavy atom. The lowest BCUT2D eigenvalue weighted by Gasteiger charge is -2.03. The van der Waals surface area contributed by atoms with Crippen molar-refractivity contribution in [1.29, 1.82) is 0 Å². The van der Waals surface area contributed by atoms with Gasteiger partial charge in [0.1, 0.15) is 5.82 Å². The number of aromatic amines is 1. The van der Waals surface area contributed by atoms with E-state index in [9.17, 15) is 4.79 Å². The number of aromatic nitrogens is 2. The first-order valence-corrected chi connectivity index (χ1v) is 4.89. The fourth-order valence-electron chi connectivity index (χ4n) is 1.42. The number of allylic oxidation sites excluding steroid dienone is 1. The lowest BCUT2D eigenvalue weighted by Crippen LogP contribution is -2.10. The molecular formula is C12H12N2O. The Bertz CT molecular complexity index is 569. The standard InChI is InChI=1S/C12H12N2O/c1-3-8(2)11-13-10-7-5-4-6-9(10)12(15)14-11/h4-7H,2-3H2,1H3,(H,13,14,15). The van der Waals surface area contributed by atoms with Gasteiger partial charge < -0.3 is 4.98 Å². The van der Waals surface area contributed by atoms with E-state index in [0.717, 1.165) is 12.0 Å². The zero-order chi connectivity index (χ0) is 10.8. The number of benzene rings is 1. The second-order valence-corrected chi connectivity index (χ2v) is 3.39. The third-order valence-corrected chi connectivity index (χ3v) is 2.37. The SMILES string of the molecule is C=C(CC)c1nc2ccccc2c(=O)[nH]1. The second kappa shape index (κ2) is 3.69. The number of para-hydroxylation sites is 1. The van der Waals surface area contributed by atoms with Crippen molar-refractivity contribution in [3.05, 3.63) is 47.0 Å². The summed E-state index contributed by atoms with van der Waals surface area (Å²) in [6, 6.07) is 7.29. The minimum absolute atomic E-state index is 0.106. The van der Waals surface area contributed by atoms with Crippen LogP contribution in [0.4, 0.5) is 0 Å². The lowest BCUT2D eigenvalue weighted by molar-refractivity contribution is 1.08. The fraction of sp³-hybridized carbons (Fsp3) is 0.167. The van der Waals surface area contributed by atoms with Gasteiger partial charge >= 0.3 is 0 Å². The van der Waals surface area contributed by atoms with Gasteiger partial charge in [-0.3, -0.25) is 4.79 Å². The van der Waals surface area contributed by atoms with Crippen LogP contribution in [0, 0.1) is 0 Å². The first kappa shape index (κ1) is 9.65. The van der Waals surface area contributed by atoms with Crippen molar-refractivity contribution in [2.45, 2.75) is 13.3 Å². The molecule has 0 bridgehead atoms. The summed E-state index contributed by atoms with van der Waals surface area (Å²) in [6.07, 6.45) is 0.779. The van der Waals surface area contributed by atoms with E-state index in [4.69, 9.17) is 0 Å². The van der Waals surface area contributed by atoms with Crippen LogP contribution in [0.15, 0.2) is 35.6 Å². The molecular weight excluding hydrogens is 188 g/mol. The van der Waals surface area contributed by atoms with Crippen molar-refractivity contribution < 1.29 is 0 Å². The molecule has 15 heavy (non-hydrogen) atoms. The van der Waals surface area contributed by atoms with Crippen molar-refractivity contribution in [2.75, 3.05) is 0 Å². The Morgan fingerprint density at radius 2 is 2.20 bits per heavy atom. The molecule has 76 valence electrons. The number of H-pyrrole nitrogens is 1. The van der Waals surface area contributed by atoms with Crippen molar-refractivity contribution in [3.63, 3.8) is 0 Å². The van der Waals surface area contributed by atoms with Crippen LogP contribution >= 0.6 is 0 Å². The first-order valence-electron chi connectivity index (χ1n) is 4.89. The third-order valence-electron chi connectivity index (χ3n) is 2.37. The maximum absolute atomic E-state index is 11.7. The second-order valence-electron chi connectivity index (χ2n) is 3.39. The Balaban J connectivity index is 2.73. The van der Waals surface area contributed by atoms with E-state index in [2.05, 4.69) is 16.5 Å². The number of rotatable bonds is 2. The van der Waals surface area contributed by atoms with Crippen LogP contribution in [0.25, 0.3) is 16.5 Å². The van der Waals surface area contributed by atoms with E-state index >= 15 is 0 Å². The average Bonchev–Trinajstić information content (AvgIpc) is 2.28. The normalized spacial score (nSPS) is 10.5. The quantitative estimate of drug-likeness (QED) is 0.808. The van der Waals surface area contributed by atoms with E-state index in [1.165, 1.54) is 0 Å². The highest BCUT2D eigenvalue weighted by atomic mass is 16.1. The smallest absolute Gasteiger partial charge is 0.259 e. The average molecular weight is 200 g/mol. The topological polar surface area (TPSA) is 45.8 Å². The van der Waals surface area contributed by atoms with E-state index in [0.29, 0.717) is 16.7 Å². The van der Waals surface area contributed by atoms with E-state index < -0.39 is 0 Å². The molecule has 0 saturated heterocycles. The molecule has 0 unspecified atom stereocenters. The van der Waals surface area contributed by atoms with Crippen molar-refractivity contribution in [2.24, 2.45) is 0 Å². The van der Waals surface area contributed by atoms with Crippen LogP contribution in [0.2, 0.25) is 0 Å². The van der Waals surface area contributed by atoms with E-state index in [1.807, 2.05) is 25.1 Å². The van der Waals surface area contributed by atoms with Gasteiger partial charge in [0.15, 0.2) is 0 Å². The molecule has 0 aliphatic rings. The summed E-state index contributed by atoms with van der Waals surface area (Å²) in [5, 5.41) is 0.616. The van der Waals surface area contributed by atoms with Crippen LogP contribution in [-0.2, 0) is 0 Å². The van der Waals surface area contributed by atoms with Crippen LogP contribution in [0.1, 0.15) is 19.2 Å². The zero-order valence-electron chi connectivity index (χ0n) is 8.58. The Morgan fingerprint density at radius 1 is 1.47 bits per heavy atom. The molecule has 0 amide bonds. The van der Waals surface area contributed by atoms with E-state index in [-0.39, 0.29) is 5.56 Å². The highest BCUT2D eigenvalue weighted by Crippen LogP contribution is 2.12. The predicted octanol–water partition coefficient (Wildman–Crippen LogP) is 2.35. The van der Waals surface area contributed by atoms with Gasteiger partial charge in [-0.15, -0.1) is 0 Å². The summed E-state index contributed by atoms with van der Waals surface area (Å²) in [5.74, 6) is 0.584. The molecule has 2 aromatic rings. The monoisotopic (exact) mass is 200 g/mol. The fourth-order valence-corrected chi connectivity index (χ4v) is 1.42. The van der Waals surface area contributed by atoms with Crippen LogP contribution < -0.4 is 5.56 Å². The van der Waals surface area contributed by atoms with Crippen LogP contribution in [0.3, 0.4) is 0 Å². The maximum Gasteiger partial charge on any atom is 0.259 e. The Kier molecular flexibility index (Phi) is 2.37. The van der Waals surface area contributed by atoms with Crippen molar-refractivity contribution in [1.82, 2.24) is 9.97 Å². The predicted molar refractivity (Wildman–Crippen MR) is 61.7 cm³/mol. The molecule has 1 aromatic carbocycles. The van der Waals surface area contributed by atoms with Crippen molar-refractivity contribution in [3.8, 4) is 0 Å². The summed E-state index contributed by atoms with van der Waals surface area (Å²) in [5.41, 5.74) is 1.45. The maximum atomic E-state index is 11.7. The molecule has 0 aliphatic carbocycles. The number of nitrogens with zero attached hydrogens (tertiary/aromatic N) is 1. The summed E-state index contributed by atoms with van der Waals surface area (Å²) in [7, 11) is 0. The molecule has 3 nitrogen and oxygen atoms in total. The zero-order valence-corrected chi connectivity index (χ0v) is 8.58. The summed E-state index contributed by atoms with van der Waals surface area (Å²) < 4.78 is 0. The summed E-state index contributed by atoms with van der Waals surface area (Å²) >= 11 is 0. The molecule has 1 N–H and O–H groups in total. The molecule has 3 heteroatoms. The van der Waals surface area contributed by atoms with Crippen molar-refractivity contribution >= 4 is 16.5 Å². The van der Waals surface area contributed by atoms with E-state index in [1.54, 1.807) is 6.07 Å². The van der Waals surface area contributed by atoms with Gasteiger partial charge in [-0.25, -0.2) is 4.98 Å². The lowest BCUT2D eigenvalue weighted by atomic mass is 10.2. The van der Waals surface area contributed by atoms with Gasteiger partial charge in [0.2, 0.25) is 0 Å². The van der Waals surface area contributed by atoms with Gasteiger partial charge in [-0.2, -0.15) is 0 Å². The van der Waals surface area contributed by atoms with Gasteiger partial charge in [0.25, 0.3) is 5.56 Å². The largest absolute Gasteiger partial charge is 0.306 e. The summed E-state index contributed by atoms with van der Waals surface area (Å²) in [6.45, 7) is 5.84. The van der Waals surface area contributed by atoms with Gasteiger partial charge in [0, 0.05) is 0 Å². The first-order chi connectivity index (χ1) is 7.22. The molecule has 0 saturated carbocycles. The molecule has 0 fully saturated rings. The molecule has 2 rings (SSSR count). The molecule has 0 radical (unpaired) electrons. The highest BCUT2D eigenvalue weighted by Gasteiger charge is 2.04. The number of nitrogens with one attached hydrogen (secondary N) is 1. The molecule has 1 aromatic heterocycles. The van der Waals surface area contributed by atoms with Gasteiger partial charge in [0.05, 0.1) is 10.9 Å². The highest BCUT2D eigenvalue weighted by molar-refractivity contribution is 5.78. The van der Waals surface area contributed by atoms with Gasteiger partial charge in [-0.1, -0.05) is 25.6 Å². The Labute approximate surface area is 87.5 Å². The van der Waals surface area contributed by atoms with Gasteiger partial charge in [-0.05, 0) is 24.1 Å². The van der Waals surface area contributed by atoms with Crippen LogP contribution in [-0.4, -0.2) is 9.97 Å². The number of hydrogen-bond acceptors (Lipinski definition) is 2. The minimum Gasteiger partial charge on any atom is -0.306 e. The Hall–Kier alpha value is -1.90. The molecule has 1 heterocycles. The molecule has 0 spiro atoms. The summed E-state index contributed by atoms with van der Waals surface area (Å²) in [4.78, 5) is 18.8. The number of fused-ring (bicyclic) bond motifs is 1. The minimum atomic E-state index is -0.106. The third kappa shape index (κ3) is 1.68. The molecule has 0 aliphatic heterocycles. The number of hydrogen-bond donors (Lipinski definition) is 1.